The van der Waals surface area contributed by atoms with E-state index in [4.69, 9.17) is 26.6 Å². The van der Waals surface area contributed by atoms with E-state index in [-0.39, 0.29) is 6.10 Å². The van der Waals surface area contributed by atoms with Crippen LogP contribution in [-0.4, -0.2) is 17.3 Å². The Hall–Kier alpha value is -1.43. The van der Waals surface area contributed by atoms with Gasteiger partial charge >= 0.3 is 0 Å². The molecule has 0 fully saturated rings. The van der Waals surface area contributed by atoms with E-state index in [2.05, 4.69) is 10.1 Å². The standard InChI is InChI=1S/C13H16ClN3O2/c1-3-10(18-2)12-16-13(19-17-12)11(15)8-6-4-5-7-9(8)14/h4-7,10-11H,3,15H2,1-2H3/t10?,11-/m1/s1. The molecule has 1 aromatic heterocycles. The molecule has 2 N–H and O–H groups in total. The first-order valence-electron chi connectivity index (χ1n) is 6.03. The van der Waals surface area contributed by atoms with Crippen molar-refractivity contribution in [1.29, 1.82) is 0 Å². The van der Waals surface area contributed by atoms with Crippen molar-refractivity contribution in [2.45, 2.75) is 25.5 Å². The molecule has 0 saturated carbocycles. The molecule has 1 aromatic carbocycles. The van der Waals surface area contributed by atoms with Gasteiger partial charge in [-0.25, -0.2) is 0 Å². The lowest BCUT2D eigenvalue weighted by molar-refractivity contribution is 0.0903. The second-order valence-corrected chi connectivity index (χ2v) is 4.53. The van der Waals surface area contributed by atoms with Gasteiger partial charge in [-0.15, -0.1) is 0 Å². The molecule has 0 bridgehead atoms. The maximum absolute atomic E-state index is 6.10. The maximum atomic E-state index is 6.10. The average molecular weight is 282 g/mol. The summed E-state index contributed by atoms with van der Waals surface area (Å²) in [5.41, 5.74) is 6.85. The quantitative estimate of drug-likeness (QED) is 0.912. The highest BCUT2D eigenvalue weighted by atomic mass is 35.5. The molecule has 1 unspecified atom stereocenters. The van der Waals surface area contributed by atoms with Gasteiger partial charge in [-0.3, -0.25) is 0 Å². The molecular formula is C13H16ClN3O2. The average Bonchev–Trinajstić information content (AvgIpc) is 2.90. The van der Waals surface area contributed by atoms with Gasteiger partial charge in [0.2, 0.25) is 11.7 Å². The van der Waals surface area contributed by atoms with Crippen molar-refractivity contribution in [2.75, 3.05) is 7.11 Å². The molecule has 2 atom stereocenters. The van der Waals surface area contributed by atoms with E-state index in [0.29, 0.717) is 16.7 Å². The molecule has 2 rings (SSSR count). The van der Waals surface area contributed by atoms with E-state index >= 15 is 0 Å². The predicted molar refractivity (Wildman–Crippen MR) is 71.8 cm³/mol. The van der Waals surface area contributed by atoms with Crippen LogP contribution in [0.25, 0.3) is 0 Å². The molecule has 5 nitrogen and oxygen atoms in total. The smallest absolute Gasteiger partial charge is 0.248 e. The highest BCUT2D eigenvalue weighted by Crippen LogP contribution is 2.26. The fourth-order valence-electron chi connectivity index (χ4n) is 1.82. The number of benzene rings is 1. The Bertz CT molecular complexity index is 540. The number of nitrogens with zero attached hydrogens (tertiary/aromatic N) is 2. The van der Waals surface area contributed by atoms with Crippen molar-refractivity contribution in [3.05, 3.63) is 46.6 Å². The van der Waals surface area contributed by atoms with E-state index in [1.54, 1.807) is 13.2 Å². The minimum Gasteiger partial charge on any atom is -0.373 e. The highest BCUT2D eigenvalue weighted by molar-refractivity contribution is 6.31. The van der Waals surface area contributed by atoms with Gasteiger partial charge in [0.25, 0.3) is 0 Å². The van der Waals surface area contributed by atoms with Crippen molar-refractivity contribution in [2.24, 2.45) is 5.73 Å². The molecule has 0 aliphatic rings. The summed E-state index contributed by atoms with van der Waals surface area (Å²) in [4.78, 5) is 4.28. The van der Waals surface area contributed by atoms with Crippen molar-refractivity contribution >= 4 is 11.6 Å². The third kappa shape index (κ3) is 2.94. The number of hydrogen-bond acceptors (Lipinski definition) is 5. The lowest BCUT2D eigenvalue weighted by atomic mass is 10.1. The summed E-state index contributed by atoms with van der Waals surface area (Å²) in [6.07, 6.45) is 0.576. The van der Waals surface area contributed by atoms with Gasteiger partial charge in [-0.05, 0) is 18.1 Å². The number of ether oxygens (including phenoxy) is 1. The minimum absolute atomic E-state index is 0.184. The molecule has 0 amide bonds. The first kappa shape index (κ1) is 14.0. The number of halogens is 1. The summed E-state index contributed by atoms with van der Waals surface area (Å²) < 4.78 is 10.5. The number of hydrogen-bond donors (Lipinski definition) is 1. The number of aromatic nitrogens is 2. The number of methoxy groups -OCH3 is 1. The SMILES string of the molecule is CCC(OC)c1noc([C@H](N)c2ccccc2Cl)n1. The molecule has 0 radical (unpaired) electrons. The molecular weight excluding hydrogens is 266 g/mol. The van der Waals surface area contributed by atoms with Crippen molar-refractivity contribution in [1.82, 2.24) is 10.1 Å². The van der Waals surface area contributed by atoms with Crippen LogP contribution < -0.4 is 5.73 Å². The van der Waals surface area contributed by atoms with Gasteiger partial charge < -0.3 is 15.0 Å². The van der Waals surface area contributed by atoms with Gasteiger partial charge in [0, 0.05) is 12.1 Å². The lowest BCUT2D eigenvalue weighted by Crippen LogP contribution is -2.13. The van der Waals surface area contributed by atoms with Crippen LogP contribution in [0.2, 0.25) is 5.02 Å². The molecule has 1 heterocycles. The summed E-state index contributed by atoms with van der Waals surface area (Å²) in [6.45, 7) is 1.98. The first-order chi connectivity index (χ1) is 9.17. The lowest BCUT2D eigenvalue weighted by Gasteiger charge is -2.09. The number of nitrogens with two attached hydrogens (primary N) is 1. The maximum Gasteiger partial charge on any atom is 0.248 e. The fourth-order valence-corrected chi connectivity index (χ4v) is 2.07. The van der Waals surface area contributed by atoms with Crippen LogP contribution in [-0.2, 0) is 4.74 Å². The topological polar surface area (TPSA) is 74.2 Å². The second-order valence-electron chi connectivity index (χ2n) is 4.12. The minimum atomic E-state index is -0.538. The van der Waals surface area contributed by atoms with E-state index < -0.39 is 6.04 Å². The Morgan fingerprint density at radius 1 is 1.42 bits per heavy atom. The van der Waals surface area contributed by atoms with E-state index in [1.807, 2.05) is 25.1 Å². The monoisotopic (exact) mass is 281 g/mol. The van der Waals surface area contributed by atoms with Crippen molar-refractivity contribution < 1.29 is 9.26 Å². The zero-order chi connectivity index (χ0) is 13.8. The predicted octanol–water partition coefficient (Wildman–Crippen LogP) is 2.87. The Morgan fingerprint density at radius 2 is 2.16 bits per heavy atom. The molecule has 0 aliphatic heterocycles. The van der Waals surface area contributed by atoms with Crippen molar-refractivity contribution in [3.63, 3.8) is 0 Å². The van der Waals surface area contributed by atoms with Crippen LogP contribution in [0.15, 0.2) is 28.8 Å². The Labute approximate surface area is 116 Å². The molecule has 102 valence electrons. The zero-order valence-corrected chi connectivity index (χ0v) is 11.6. The first-order valence-corrected chi connectivity index (χ1v) is 6.41. The van der Waals surface area contributed by atoms with Crippen LogP contribution in [0.3, 0.4) is 0 Å². The zero-order valence-electron chi connectivity index (χ0n) is 10.8. The van der Waals surface area contributed by atoms with E-state index in [9.17, 15) is 0 Å². The fraction of sp³-hybridized carbons (Fsp3) is 0.385. The second kappa shape index (κ2) is 6.14. The van der Waals surface area contributed by atoms with E-state index in [0.717, 1.165) is 12.0 Å². The van der Waals surface area contributed by atoms with Gasteiger partial charge in [0.1, 0.15) is 12.1 Å². The van der Waals surface area contributed by atoms with Gasteiger partial charge in [0.05, 0.1) is 0 Å². The molecule has 6 heteroatoms. The van der Waals surface area contributed by atoms with Crippen LogP contribution >= 0.6 is 11.6 Å². The normalized spacial score (nSPS) is 14.3. The molecule has 0 saturated heterocycles. The Balaban J connectivity index is 2.25. The molecule has 2 aromatic rings. The summed E-state index contributed by atoms with van der Waals surface area (Å²) in [5, 5.41) is 4.48. The Kier molecular flexibility index (Phi) is 4.52. The Morgan fingerprint density at radius 3 is 2.79 bits per heavy atom. The third-order valence-corrected chi connectivity index (χ3v) is 3.25. The third-order valence-electron chi connectivity index (χ3n) is 2.91. The molecule has 19 heavy (non-hydrogen) atoms. The number of rotatable bonds is 5. The van der Waals surface area contributed by atoms with Crippen LogP contribution in [0, 0.1) is 0 Å². The highest BCUT2D eigenvalue weighted by Gasteiger charge is 2.22. The summed E-state index contributed by atoms with van der Waals surface area (Å²) in [6, 6.07) is 6.78. The van der Waals surface area contributed by atoms with Crippen molar-refractivity contribution in [3.8, 4) is 0 Å². The van der Waals surface area contributed by atoms with Gasteiger partial charge in [-0.2, -0.15) is 4.98 Å². The molecule has 0 spiro atoms. The summed E-state index contributed by atoms with van der Waals surface area (Å²) >= 11 is 6.10. The van der Waals surface area contributed by atoms with Crippen LogP contribution in [0.4, 0.5) is 0 Å². The van der Waals surface area contributed by atoms with Gasteiger partial charge in [0.15, 0.2) is 0 Å². The summed E-state index contributed by atoms with van der Waals surface area (Å²) in [5.74, 6) is 0.834. The largest absolute Gasteiger partial charge is 0.373 e. The van der Waals surface area contributed by atoms with Crippen LogP contribution in [0.1, 0.15) is 42.8 Å². The van der Waals surface area contributed by atoms with Gasteiger partial charge in [-0.1, -0.05) is 41.9 Å². The van der Waals surface area contributed by atoms with E-state index in [1.165, 1.54) is 0 Å². The molecule has 0 aliphatic carbocycles. The summed E-state index contributed by atoms with van der Waals surface area (Å²) in [7, 11) is 1.61. The van der Waals surface area contributed by atoms with Crippen LogP contribution in [0.5, 0.6) is 0 Å².